The number of aryl methyl sites for hydroxylation is 1. The summed E-state index contributed by atoms with van der Waals surface area (Å²) in [7, 11) is 0. The first kappa shape index (κ1) is 14.2. The highest BCUT2D eigenvalue weighted by Gasteiger charge is 2.21. The van der Waals surface area contributed by atoms with Crippen molar-refractivity contribution in [3.63, 3.8) is 0 Å². The Kier molecular flexibility index (Phi) is 4.26. The summed E-state index contributed by atoms with van der Waals surface area (Å²) in [5.74, 6) is 1.25. The Morgan fingerprint density at radius 2 is 2.29 bits per heavy atom. The van der Waals surface area contributed by atoms with Crippen LogP contribution in [0.4, 0.5) is 0 Å². The molecule has 0 bridgehead atoms. The molecule has 0 spiro atoms. The third-order valence-corrected chi connectivity index (χ3v) is 4.35. The molecule has 1 saturated heterocycles. The van der Waals surface area contributed by atoms with E-state index in [1.807, 2.05) is 0 Å². The second kappa shape index (κ2) is 6.31. The fourth-order valence-electron chi connectivity index (χ4n) is 2.22. The quantitative estimate of drug-likeness (QED) is 0.923. The summed E-state index contributed by atoms with van der Waals surface area (Å²) in [6, 6.07) is 0. The number of amides is 1. The number of rotatable bonds is 4. The first-order valence-electron chi connectivity index (χ1n) is 6.82. The van der Waals surface area contributed by atoms with Crippen molar-refractivity contribution in [2.45, 2.75) is 32.2 Å². The maximum atomic E-state index is 12.0. The molecular formula is C13H16N4O3S. The predicted molar refractivity (Wildman–Crippen MR) is 75.1 cm³/mol. The average Bonchev–Trinajstić information content (AvgIpc) is 3.15. The van der Waals surface area contributed by atoms with Gasteiger partial charge < -0.3 is 14.6 Å². The van der Waals surface area contributed by atoms with E-state index in [4.69, 9.17) is 9.26 Å². The summed E-state index contributed by atoms with van der Waals surface area (Å²) in [4.78, 5) is 21.0. The van der Waals surface area contributed by atoms with E-state index >= 15 is 0 Å². The lowest BCUT2D eigenvalue weighted by molar-refractivity contribution is 0.0830. The summed E-state index contributed by atoms with van der Waals surface area (Å²) < 4.78 is 10.5. The van der Waals surface area contributed by atoms with E-state index in [9.17, 15) is 4.79 Å². The van der Waals surface area contributed by atoms with Gasteiger partial charge in [0.25, 0.3) is 5.91 Å². The molecule has 2 aromatic heterocycles. The molecule has 1 fully saturated rings. The van der Waals surface area contributed by atoms with Gasteiger partial charge in [0, 0.05) is 19.1 Å². The number of thiazole rings is 1. The number of ether oxygens (including phenoxy) is 1. The van der Waals surface area contributed by atoms with Gasteiger partial charge >= 0.3 is 0 Å². The second-order valence-corrected chi connectivity index (χ2v) is 5.74. The number of nitrogens with zero attached hydrogens (tertiary/aromatic N) is 3. The van der Waals surface area contributed by atoms with Crippen molar-refractivity contribution in [2.24, 2.45) is 0 Å². The molecule has 0 aliphatic carbocycles. The molecule has 112 valence electrons. The molecule has 0 aromatic carbocycles. The van der Waals surface area contributed by atoms with Crippen LogP contribution in [0.25, 0.3) is 0 Å². The fraction of sp³-hybridized carbons (Fsp3) is 0.538. The second-order valence-electron chi connectivity index (χ2n) is 4.88. The van der Waals surface area contributed by atoms with E-state index in [1.165, 1.54) is 11.3 Å². The zero-order chi connectivity index (χ0) is 14.7. The number of carbonyl (C=O) groups excluding carboxylic acids is 1. The minimum atomic E-state index is -0.166. The average molecular weight is 308 g/mol. The van der Waals surface area contributed by atoms with Gasteiger partial charge in [-0.2, -0.15) is 4.98 Å². The molecule has 0 radical (unpaired) electrons. The standard InChI is InChI=1S/C13H16N4O3S/c1-8-11(21-7-15-8)13(18)14-6-10-16-12(17-20-10)9-2-4-19-5-3-9/h7,9H,2-6H2,1H3,(H,14,18). The predicted octanol–water partition coefficient (Wildman–Crippen LogP) is 1.66. The molecule has 1 aliphatic rings. The van der Waals surface area contributed by atoms with Crippen molar-refractivity contribution >= 4 is 17.2 Å². The van der Waals surface area contributed by atoms with Crippen molar-refractivity contribution < 1.29 is 14.1 Å². The van der Waals surface area contributed by atoms with Crippen LogP contribution in [0.5, 0.6) is 0 Å². The van der Waals surface area contributed by atoms with Crippen molar-refractivity contribution in [3.8, 4) is 0 Å². The van der Waals surface area contributed by atoms with Crippen LogP contribution in [-0.2, 0) is 11.3 Å². The smallest absolute Gasteiger partial charge is 0.263 e. The van der Waals surface area contributed by atoms with Gasteiger partial charge in [0.15, 0.2) is 5.82 Å². The van der Waals surface area contributed by atoms with Gasteiger partial charge in [0.2, 0.25) is 5.89 Å². The highest BCUT2D eigenvalue weighted by molar-refractivity contribution is 7.11. The largest absolute Gasteiger partial charge is 0.381 e. The van der Waals surface area contributed by atoms with Crippen LogP contribution in [0, 0.1) is 6.92 Å². The van der Waals surface area contributed by atoms with E-state index < -0.39 is 0 Å². The topological polar surface area (TPSA) is 90.1 Å². The zero-order valence-electron chi connectivity index (χ0n) is 11.7. The summed E-state index contributed by atoms with van der Waals surface area (Å²) >= 11 is 1.32. The molecule has 1 N–H and O–H groups in total. The van der Waals surface area contributed by atoms with Gasteiger partial charge in [-0.1, -0.05) is 5.16 Å². The van der Waals surface area contributed by atoms with Gasteiger partial charge in [0.1, 0.15) is 4.88 Å². The molecule has 0 atom stereocenters. The summed E-state index contributed by atoms with van der Waals surface area (Å²) in [6.45, 7) is 3.50. The van der Waals surface area contributed by atoms with Crippen LogP contribution in [-0.4, -0.2) is 34.2 Å². The van der Waals surface area contributed by atoms with Gasteiger partial charge in [0.05, 0.1) is 17.7 Å². The number of hydrogen-bond acceptors (Lipinski definition) is 7. The maximum Gasteiger partial charge on any atom is 0.263 e. The first-order chi connectivity index (χ1) is 10.2. The highest BCUT2D eigenvalue weighted by atomic mass is 32.1. The Hall–Kier alpha value is -1.80. The molecule has 7 nitrogen and oxygen atoms in total. The Labute approximate surface area is 125 Å². The summed E-state index contributed by atoms with van der Waals surface area (Å²) in [5.41, 5.74) is 2.38. The molecule has 1 amide bonds. The van der Waals surface area contributed by atoms with E-state index in [0.717, 1.165) is 31.7 Å². The molecule has 3 rings (SSSR count). The van der Waals surface area contributed by atoms with Crippen molar-refractivity contribution in [1.82, 2.24) is 20.4 Å². The molecule has 0 saturated carbocycles. The third-order valence-electron chi connectivity index (χ3n) is 3.42. The number of carbonyl (C=O) groups is 1. The van der Waals surface area contributed by atoms with Gasteiger partial charge in [-0.3, -0.25) is 4.79 Å². The van der Waals surface area contributed by atoms with Crippen molar-refractivity contribution in [2.75, 3.05) is 13.2 Å². The third kappa shape index (κ3) is 3.27. The van der Waals surface area contributed by atoms with Crippen molar-refractivity contribution in [1.29, 1.82) is 0 Å². The maximum absolute atomic E-state index is 12.0. The lowest BCUT2D eigenvalue weighted by Gasteiger charge is -2.18. The number of hydrogen-bond donors (Lipinski definition) is 1. The first-order valence-corrected chi connectivity index (χ1v) is 7.70. The van der Waals surface area contributed by atoms with Crippen LogP contribution in [0.15, 0.2) is 10.0 Å². The van der Waals surface area contributed by atoms with E-state index in [1.54, 1.807) is 12.4 Å². The monoisotopic (exact) mass is 308 g/mol. The van der Waals surface area contributed by atoms with Gasteiger partial charge in [-0.05, 0) is 19.8 Å². The van der Waals surface area contributed by atoms with E-state index in [-0.39, 0.29) is 18.4 Å². The number of nitrogens with one attached hydrogen (secondary N) is 1. The molecule has 8 heteroatoms. The van der Waals surface area contributed by atoms with Crippen LogP contribution in [0.3, 0.4) is 0 Å². The molecule has 3 heterocycles. The van der Waals surface area contributed by atoms with Gasteiger partial charge in [-0.25, -0.2) is 4.98 Å². The zero-order valence-corrected chi connectivity index (χ0v) is 12.5. The normalized spacial score (nSPS) is 16.0. The minimum Gasteiger partial charge on any atom is -0.381 e. The Morgan fingerprint density at radius 1 is 1.48 bits per heavy atom. The minimum absolute atomic E-state index is 0.166. The summed E-state index contributed by atoms with van der Waals surface area (Å²) in [5, 5.41) is 6.76. The molecule has 21 heavy (non-hydrogen) atoms. The molecule has 1 aliphatic heterocycles. The van der Waals surface area contributed by atoms with Gasteiger partial charge in [-0.15, -0.1) is 11.3 Å². The van der Waals surface area contributed by atoms with Crippen LogP contribution < -0.4 is 5.32 Å². The molecular weight excluding hydrogens is 292 g/mol. The Morgan fingerprint density at radius 3 is 3.00 bits per heavy atom. The molecule has 2 aromatic rings. The van der Waals surface area contributed by atoms with E-state index in [2.05, 4.69) is 20.4 Å². The highest BCUT2D eigenvalue weighted by Crippen LogP contribution is 2.24. The lowest BCUT2D eigenvalue weighted by Crippen LogP contribution is -2.22. The fourth-order valence-corrected chi connectivity index (χ4v) is 2.94. The lowest BCUT2D eigenvalue weighted by atomic mass is 10.00. The SMILES string of the molecule is Cc1ncsc1C(=O)NCc1nc(C2CCOCC2)no1. The summed E-state index contributed by atoms with van der Waals surface area (Å²) in [6.07, 6.45) is 1.82. The van der Waals surface area contributed by atoms with Crippen LogP contribution in [0.1, 0.15) is 45.8 Å². The molecule has 0 unspecified atom stereocenters. The van der Waals surface area contributed by atoms with Crippen LogP contribution in [0.2, 0.25) is 0 Å². The number of aromatic nitrogens is 3. The van der Waals surface area contributed by atoms with Crippen molar-refractivity contribution in [3.05, 3.63) is 27.8 Å². The Balaban J connectivity index is 1.57. The Bertz CT molecular complexity index is 618. The van der Waals surface area contributed by atoms with E-state index in [0.29, 0.717) is 16.6 Å². The van der Waals surface area contributed by atoms with Crippen LogP contribution >= 0.6 is 11.3 Å².